The molecule has 1 unspecified atom stereocenters. The van der Waals surface area contributed by atoms with Crippen molar-refractivity contribution in [1.82, 2.24) is 9.71 Å². The van der Waals surface area contributed by atoms with Crippen LogP contribution in [0.3, 0.4) is 0 Å². The van der Waals surface area contributed by atoms with Crippen LogP contribution in [-0.4, -0.2) is 43.3 Å². The van der Waals surface area contributed by atoms with E-state index in [1.807, 2.05) is 0 Å². The maximum atomic E-state index is 12.7. The molecule has 0 saturated heterocycles. The highest BCUT2D eigenvalue weighted by Crippen LogP contribution is 2.41. The van der Waals surface area contributed by atoms with E-state index in [9.17, 15) is 31.5 Å². The van der Waals surface area contributed by atoms with Crippen molar-refractivity contribution in [2.75, 3.05) is 6.61 Å². The quantitative estimate of drug-likeness (QED) is 0.549. The topological polar surface area (TPSA) is 106 Å². The SMILES string of the molecule is CCOC(=O)c1nc(CO)c(-c2ccc(S(=O)(=O)NC(C)C(F)(F)F)c(Cl)c2Cl)s1. The third-order valence-electron chi connectivity index (χ3n) is 3.70. The zero-order chi connectivity index (χ0) is 22.9. The first-order chi connectivity index (χ1) is 13.8. The zero-order valence-electron chi connectivity index (χ0n) is 15.4. The van der Waals surface area contributed by atoms with Gasteiger partial charge in [0.15, 0.2) is 0 Å². The number of carbonyl (C=O) groups is 1. The zero-order valence-corrected chi connectivity index (χ0v) is 18.5. The predicted octanol–water partition coefficient (Wildman–Crippen LogP) is 4.02. The number of esters is 1. The summed E-state index contributed by atoms with van der Waals surface area (Å²) < 4.78 is 69.1. The van der Waals surface area contributed by atoms with Crippen LogP contribution >= 0.6 is 34.5 Å². The lowest BCUT2D eigenvalue weighted by Crippen LogP contribution is -2.43. The third-order valence-corrected chi connectivity index (χ3v) is 7.39. The van der Waals surface area contributed by atoms with Crippen molar-refractivity contribution in [3.05, 3.63) is 32.9 Å². The van der Waals surface area contributed by atoms with Gasteiger partial charge in [-0.1, -0.05) is 29.3 Å². The van der Waals surface area contributed by atoms with Gasteiger partial charge in [-0.3, -0.25) is 0 Å². The number of hydrogen-bond donors (Lipinski definition) is 2. The van der Waals surface area contributed by atoms with E-state index >= 15 is 0 Å². The third kappa shape index (κ3) is 5.24. The van der Waals surface area contributed by atoms with Crippen molar-refractivity contribution in [3.63, 3.8) is 0 Å². The maximum absolute atomic E-state index is 12.7. The number of aliphatic hydroxyl groups excluding tert-OH is 1. The van der Waals surface area contributed by atoms with Gasteiger partial charge in [0.05, 0.1) is 33.8 Å². The molecule has 166 valence electrons. The first kappa shape index (κ1) is 24.8. The number of aromatic nitrogens is 1. The van der Waals surface area contributed by atoms with Crippen molar-refractivity contribution in [3.8, 4) is 10.4 Å². The minimum absolute atomic E-state index is 0.0690. The molecule has 7 nitrogen and oxygen atoms in total. The largest absolute Gasteiger partial charge is 0.461 e. The molecule has 0 fully saturated rings. The molecule has 30 heavy (non-hydrogen) atoms. The highest BCUT2D eigenvalue weighted by molar-refractivity contribution is 7.89. The Morgan fingerprint density at radius 3 is 2.50 bits per heavy atom. The van der Waals surface area contributed by atoms with Crippen LogP contribution in [0.4, 0.5) is 13.2 Å². The molecule has 1 atom stereocenters. The number of halogens is 5. The van der Waals surface area contributed by atoms with Gasteiger partial charge in [0.25, 0.3) is 0 Å². The van der Waals surface area contributed by atoms with E-state index in [1.54, 1.807) is 6.92 Å². The predicted molar refractivity (Wildman–Crippen MR) is 105 cm³/mol. The molecular weight excluding hydrogens is 492 g/mol. The highest BCUT2D eigenvalue weighted by atomic mass is 35.5. The number of nitrogens with one attached hydrogen (secondary N) is 1. The Morgan fingerprint density at radius 1 is 1.33 bits per heavy atom. The molecule has 0 radical (unpaired) electrons. The van der Waals surface area contributed by atoms with Crippen LogP contribution in [0.25, 0.3) is 10.4 Å². The van der Waals surface area contributed by atoms with Crippen LogP contribution in [0, 0.1) is 0 Å². The number of thiazole rings is 1. The van der Waals surface area contributed by atoms with Crippen molar-refractivity contribution < 1.29 is 36.2 Å². The minimum atomic E-state index is -4.80. The molecular formula is C16H15Cl2F3N2O5S2. The number of ether oxygens (including phenoxy) is 1. The van der Waals surface area contributed by atoms with Gasteiger partial charge in [-0.05, 0) is 19.9 Å². The lowest BCUT2D eigenvalue weighted by atomic mass is 10.1. The van der Waals surface area contributed by atoms with Crippen LogP contribution in [0.2, 0.25) is 10.0 Å². The van der Waals surface area contributed by atoms with E-state index in [0.717, 1.165) is 17.4 Å². The van der Waals surface area contributed by atoms with Crippen molar-refractivity contribution in [2.24, 2.45) is 0 Å². The molecule has 0 spiro atoms. The highest BCUT2D eigenvalue weighted by Gasteiger charge is 2.39. The van der Waals surface area contributed by atoms with Crippen molar-refractivity contribution >= 4 is 50.5 Å². The second-order valence-corrected chi connectivity index (χ2v) is 9.23. The molecule has 0 aliphatic carbocycles. The maximum Gasteiger partial charge on any atom is 0.404 e. The normalized spacial score (nSPS) is 13.3. The van der Waals surface area contributed by atoms with Gasteiger partial charge in [-0.15, -0.1) is 11.3 Å². The molecule has 2 aromatic rings. The summed E-state index contributed by atoms with van der Waals surface area (Å²) in [6.07, 6.45) is -4.80. The van der Waals surface area contributed by atoms with E-state index in [-0.39, 0.29) is 32.8 Å². The molecule has 0 bridgehead atoms. The number of alkyl halides is 3. The Labute approximate surface area is 183 Å². The van der Waals surface area contributed by atoms with E-state index in [2.05, 4.69) is 4.98 Å². The smallest absolute Gasteiger partial charge is 0.404 e. The van der Waals surface area contributed by atoms with Crippen LogP contribution in [-0.2, 0) is 21.4 Å². The van der Waals surface area contributed by atoms with Crippen LogP contribution in [0.5, 0.6) is 0 Å². The second kappa shape index (κ2) is 9.37. The summed E-state index contributed by atoms with van der Waals surface area (Å²) in [5.41, 5.74) is 0.210. The van der Waals surface area contributed by atoms with Crippen molar-refractivity contribution in [1.29, 1.82) is 0 Å². The van der Waals surface area contributed by atoms with Gasteiger partial charge in [-0.25, -0.2) is 18.2 Å². The Balaban J connectivity index is 2.51. The van der Waals surface area contributed by atoms with Gasteiger partial charge >= 0.3 is 12.1 Å². The van der Waals surface area contributed by atoms with Crippen LogP contribution in [0.15, 0.2) is 17.0 Å². The average molecular weight is 507 g/mol. The van der Waals surface area contributed by atoms with Gasteiger partial charge in [0, 0.05) is 5.56 Å². The monoisotopic (exact) mass is 506 g/mol. The molecule has 1 heterocycles. The second-order valence-electron chi connectivity index (χ2n) is 5.80. The number of sulfonamides is 1. The minimum Gasteiger partial charge on any atom is -0.461 e. The lowest BCUT2D eigenvalue weighted by molar-refractivity contribution is -0.147. The molecule has 1 aromatic heterocycles. The van der Waals surface area contributed by atoms with Gasteiger partial charge < -0.3 is 9.84 Å². The van der Waals surface area contributed by atoms with E-state index < -0.39 is 44.7 Å². The van der Waals surface area contributed by atoms with E-state index in [0.29, 0.717) is 6.92 Å². The van der Waals surface area contributed by atoms with Crippen LogP contribution in [0.1, 0.15) is 29.3 Å². The Kier molecular flexibility index (Phi) is 7.75. The Bertz CT molecular complexity index is 1060. The first-order valence-corrected chi connectivity index (χ1v) is 11.2. The number of nitrogens with zero attached hydrogens (tertiary/aromatic N) is 1. The summed E-state index contributed by atoms with van der Waals surface area (Å²) in [7, 11) is -4.65. The molecule has 0 amide bonds. The number of rotatable bonds is 7. The molecule has 14 heteroatoms. The molecule has 0 aliphatic heterocycles. The van der Waals surface area contributed by atoms with E-state index in [4.69, 9.17) is 27.9 Å². The summed E-state index contributed by atoms with van der Waals surface area (Å²) in [5.74, 6) is -0.727. The van der Waals surface area contributed by atoms with E-state index in [1.165, 1.54) is 10.8 Å². The summed E-state index contributed by atoms with van der Waals surface area (Å²) in [6, 6.07) is -0.186. The van der Waals surface area contributed by atoms with Gasteiger partial charge in [-0.2, -0.15) is 17.9 Å². The molecule has 0 aliphatic rings. The molecule has 1 aromatic carbocycles. The Morgan fingerprint density at radius 2 is 1.97 bits per heavy atom. The number of benzene rings is 1. The van der Waals surface area contributed by atoms with Gasteiger partial charge in [0.2, 0.25) is 15.0 Å². The lowest BCUT2D eigenvalue weighted by Gasteiger charge is -2.18. The fourth-order valence-electron chi connectivity index (χ4n) is 2.23. The summed E-state index contributed by atoms with van der Waals surface area (Å²) in [6.45, 7) is 1.78. The number of carbonyl (C=O) groups excluding carboxylic acids is 1. The fraction of sp³-hybridized carbons (Fsp3) is 0.375. The summed E-state index contributed by atoms with van der Waals surface area (Å²) >= 11 is 13.1. The average Bonchev–Trinajstić information content (AvgIpc) is 3.07. The number of aliphatic hydroxyl groups is 1. The van der Waals surface area contributed by atoms with Gasteiger partial charge in [0.1, 0.15) is 10.9 Å². The molecule has 2 rings (SSSR count). The summed E-state index contributed by atoms with van der Waals surface area (Å²) in [4.78, 5) is 15.4. The Hall–Kier alpha value is -1.44. The van der Waals surface area contributed by atoms with Crippen molar-refractivity contribution in [2.45, 2.75) is 37.6 Å². The summed E-state index contributed by atoms with van der Waals surface area (Å²) in [5, 5.41) is 8.64. The fourth-order valence-corrected chi connectivity index (χ4v) is 5.38. The van der Waals surface area contributed by atoms with Crippen LogP contribution < -0.4 is 4.72 Å². The standard InChI is InChI=1S/C16H15Cl2F3N2O5S2/c1-3-28-15(25)14-22-9(6-24)13(29-14)8-4-5-10(12(18)11(8)17)30(26,27)23-7(2)16(19,20)21/h4-5,7,23-24H,3,6H2,1-2H3. The molecule has 0 saturated carbocycles. The molecule has 2 N–H and O–H groups in total. The first-order valence-electron chi connectivity index (χ1n) is 8.18. The number of hydrogen-bond acceptors (Lipinski definition) is 7.